The fourth-order valence-electron chi connectivity index (χ4n) is 5.22. The minimum atomic E-state index is 0.0644. The Bertz CT molecular complexity index is 925. The fraction of sp³-hybridized carbons (Fsp3) is 0.536. The molecular weight excluding hydrogens is 396 g/mol. The van der Waals surface area contributed by atoms with Crippen LogP contribution in [0.25, 0.3) is 0 Å². The molecule has 0 saturated heterocycles. The van der Waals surface area contributed by atoms with Crippen molar-refractivity contribution in [1.82, 2.24) is 4.90 Å². The van der Waals surface area contributed by atoms with Gasteiger partial charge in [0.25, 0.3) is 5.91 Å². The van der Waals surface area contributed by atoms with E-state index in [4.69, 9.17) is 10.5 Å². The number of nitrogens with zero attached hydrogens (tertiary/aromatic N) is 1. The van der Waals surface area contributed by atoms with Crippen molar-refractivity contribution in [2.24, 2.45) is 11.7 Å². The number of nitrogens with two attached hydrogens (primary N) is 1. The maximum Gasteiger partial charge on any atom is 0.253 e. The fourth-order valence-corrected chi connectivity index (χ4v) is 5.22. The summed E-state index contributed by atoms with van der Waals surface area (Å²) in [4.78, 5) is 14.4. The maximum absolute atomic E-state index is 12.7. The molecule has 4 heteroatoms. The van der Waals surface area contributed by atoms with E-state index in [9.17, 15) is 4.79 Å². The monoisotopic (exact) mass is 434 g/mol. The van der Waals surface area contributed by atoms with E-state index in [2.05, 4.69) is 25.1 Å². The molecule has 2 aliphatic carbocycles. The van der Waals surface area contributed by atoms with Crippen LogP contribution in [0, 0.1) is 5.92 Å². The number of carbonyl (C=O) groups is 1. The summed E-state index contributed by atoms with van der Waals surface area (Å²) in [6, 6.07) is 15.1. The topological polar surface area (TPSA) is 55.6 Å². The van der Waals surface area contributed by atoms with Gasteiger partial charge in [-0.2, -0.15) is 0 Å². The summed E-state index contributed by atoms with van der Waals surface area (Å²) in [5.74, 6) is 2.01. The van der Waals surface area contributed by atoms with E-state index in [-0.39, 0.29) is 5.91 Å². The molecule has 1 saturated carbocycles. The number of hydrogen-bond acceptors (Lipinski definition) is 3. The molecule has 32 heavy (non-hydrogen) atoms. The molecule has 2 aromatic rings. The molecule has 172 valence electrons. The highest BCUT2D eigenvalue weighted by Gasteiger charge is 2.25. The normalized spacial score (nSPS) is 22.4. The van der Waals surface area contributed by atoms with Gasteiger partial charge >= 0.3 is 0 Å². The zero-order chi connectivity index (χ0) is 22.5. The highest BCUT2D eigenvalue weighted by atomic mass is 16.5. The molecule has 4 nitrogen and oxygen atoms in total. The van der Waals surface area contributed by atoms with Gasteiger partial charge < -0.3 is 15.4 Å². The van der Waals surface area contributed by atoms with Gasteiger partial charge in [-0.1, -0.05) is 37.6 Å². The van der Waals surface area contributed by atoms with E-state index >= 15 is 0 Å². The van der Waals surface area contributed by atoms with Crippen molar-refractivity contribution >= 4 is 5.91 Å². The second-order valence-electron chi connectivity index (χ2n) is 9.83. The molecule has 3 unspecified atom stereocenters. The molecule has 2 aromatic carbocycles. The number of benzene rings is 2. The lowest BCUT2D eigenvalue weighted by Gasteiger charge is -2.26. The lowest BCUT2D eigenvalue weighted by molar-refractivity contribution is 0.0792. The summed E-state index contributed by atoms with van der Waals surface area (Å²) in [7, 11) is 1.87. The summed E-state index contributed by atoms with van der Waals surface area (Å²) in [5.41, 5.74) is 11.3. The zero-order valence-electron chi connectivity index (χ0n) is 19.7. The van der Waals surface area contributed by atoms with Gasteiger partial charge in [-0.3, -0.25) is 4.79 Å². The minimum Gasteiger partial charge on any atom is -0.493 e. The first kappa shape index (κ1) is 22.8. The molecule has 0 heterocycles. The lowest BCUT2D eigenvalue weighted by atomic mass is 9.82. The van der Waals surface area contributed by atoms with Crippen LogP contribution in [0.4, 0.5) is 0 Å². The summed E-state index contributed by atoms with van der Waals surface area (Å²) in [5, 5.41) is 0. The van der Waals surface area contributed by atoms with Crippen LogP contribution in [0.15, 0.2) is 42.5 Å². The Kier molecular flexibility index (Phi) is 7.51. The third-order valence-corrected chi connectivity index (χ3v) is 7.27. The molecular formula is C28H38N2O2. The smallest absolute Gasteiger partial charge is 0.253 e. The number of fused-ring (bicyclic) bond motifs is 1. The molecule has 0 aliphatic heterocycles. The van der Waals surface area contributed by atoms with Crippen LogP contribution in [0.2, 0.25) is 0 Å². The van der Waals surface area contributed by atoms with Crippen molar-refractivity contribution in [2.75, 3.05) is 20.2 Å². The number of aryl methyl sites for hydroxylation is 1. The van der Waals surface area contributed by atoms with Gasteiger partial charge in [0.15, 0.2) is 0 Å². The summed E-state index contributed by atoms with van der Waals surface area (Å²) in [6.07, 6.45) is 8.97. The summed E-state index contributed by atoms with van der Waals surface area (Å²) >= 11 is 0. The standard InChI is InChI=1S/C28H38N2O2/c1-3-4-14-30(2)28(31)25-6-5-7-27(18-25)32-19-20-8-9-22-16-23(11-10-21(22)15-20)24-12-13-26(29)17-24/h5-7,10-11,16,18,20,24,26H,3-4,8-9,12-15,17,19,29H2,1-2H3. The van der Waals surface area contributed by atoms with Crippen LogP contribution in [0.5, 0.6) is 5.75 Å². The first-order valence-corrected chi connectivity index (χ1v) is 12.4. The van der Waals surface area contributed by atoms with Crippen LogP contribution in [-0.4, -0.2) is 37.0 Å². The van der Waals surface area contributed by atoms with Crippen molar-refractivity contribution in [3.05, 3.63) is 64.7 Å². The Morgan fingerprint density at radius 3 is 2.78 bits per heavy atom. The Balaban J connectivity index is 1.32. The molecule has 0 bridgehead atoms. The van der Waals surface area contributed by atoms with Gasteiger partial charge in [0.05, 0.1) is 6.61 Å². The zero-order valence-corrected chi connectivity index (χ0v) is 19.7. The molecule has 2 aliphatic rings. The molecule has 0 radical (unpaired) electrons. The minimum absolute atomic E-state index is 0.0644. The van der Waals surface area contributed by atoms with Gasteiger partial charge in [-0.15, -0.1) is 0 Å². The molecule has 3 atom stereocenters. The molecule has 1 fully saturated rings. The van der Waals surface area contributed by atoms with E-state index in [0.29, 0.717) is 30.0 Å². The van der Waals surface area contributed by atoms with Gasteiger partial charge in [0, 0.05) is 25.2 Å². The van der Waals surface area contributed by atoms with Crippen LogP contribution >= 0.6 is 0 Å². The molecule has 1 amide bonds. The highest BCUT2D eigenvalue weighted by Crippen LogP contribution is 2.36. The van der Waals surface area contributed by atoms with Crippen molar-refractivity contribution in [3.8, 4) is 5.75 Å². The first-order valence-electron chi connectivity index (χ1n) is 12.4. The van der Waals surface area contributed by atoms with Gasteiger partial charge in [-0.05, 0) is 91.7 Å². The Morgan fingerprint density at radius 2 is 2.00 bits per heavy atom. The number of carbonyl (C=O) groups excluding carboxylic acids is 1. The third kappa shape index (κ3) is 5.53. The number of hydrogen-bond donors (Lipinski definition) is 1. The summed E-state index contributed by atoms with van der Waals surface area (Å²) < 4.78 is 6.14. The number of amides is 1. The van der Waals surface area contributed by atoms with Crippen molar-refractivity contribution in [1.29, 1.82) is 0 Å². The van der Waals surface area contributed by atoms with Crippen molar-refractivity contribution < 1.29 is 9.53 Å². The number of ether oxygens (including phenoxy) is 1. The van der Waals surface area contributed by atoms with E-state index in [1.807, 2.05) is 31.3 Å². The van der Waals surface area contributed by atoms with Gasteiger partial charge in [0.2, 0.25) is 0 Å². The predicted octanol–water partition coefficient (Wildman–Crippen LogP) is 5.34. The second kappa shape index (κ2) is 10.5. The SMILES string of the molecule is CCCCN(C)C(=O)c1cccc(OCC2CCc3cc(C4CCC(N)C4)ccc3C2)c1. The number of rotatable bonds is 8. The van der Waals surface area contributed by atoms with E-state index in [1.165, 1.54) is 23.1 Å². The van der Waals surface area contributed by atoms with E-state index < -0.39 is 0 Å². The maximum atomic E-state index is 12.7. The van der Waals surface area contributed by atoms with Crippen LogP contribution < -0.4 is 10.5 Å². The van der Waals surface area contributed by atoms with Gasteiger partial charge in [-0.25, -0.2) is 0 Å². The Hall–Kier alpha value is -2.33. The van der Waals surface area contributed by atoms with Crippen LogP contribution in [0.3, 0.4) is 0 Å². The predicted molar refractivity (Wildman–Crippen MR) is 130 cm³/mol. The molecule has 2 N–H and O–H groups in total. The Morgan fingerprint density at radius 1 is 1.12 bits per heavy atom. The average Bonchev–Trinajstić information content (AvgIpc) is 3.26. The van der Waals surface area contributed by atoms with Crippen LogP contribution in [0.1, 0.15) is 78.4 Å². The Labute approximate surface area is 193 Å². The first-order chi connectivity index (χ1) is 15.5. The summed E-state index contributed by atoms with van der Waals surface area (Å²) in [6.45, 7) is 3.62. The molecule has 4 rings (SSSR count). The third-order valence-electron chi connectivity index (χ3n) is 7.27. The molecule has 0 aromatic heterocycles. The van der Waals surface area contributed by atoms with Crippen molar-refractivity contribution in [3.63, 3.8) is 0 Å². The van der Waals surface area contributed by atoms with Crippen LogP contribution in [-0.2, 0) is 12.8 Å². The van der Waals surface area contributed by atoms with Gasteiger partial charge in [0.1, 0.15) is 5.75 Å². The largest absolute Gasteiger partial charge is 0.493 e. The molecule has 0 spiro atoms. The van der Waals surface area contributed by atoms with Crippen molar-refractivity contribution in [2.45, 2.75) is 70.3 Å². The quantitative estimate of drug-likeness (QED) is 0.610. The number of unbranched alkanes of at least 4 members (excludes halogenated alkanes) is 1. The second-order valence-corrected chi connectivity index (χ2v) is 9.83. The lowest BCUT2D eigenvalue weighted by Crippen LogP contribution is -2.27. The van der Waals surface area contributed by atoms with E-state index in [1.54, 1.807) is 4.90 Å². The average molecular weight is 435 g/mol. The van der Waals surface area contributed by atoms with E-state index in [0.717, 1.165) is 57.2 Å². The highest BCUT2D eigenvalue weighted by molar-refractivity contribution is 5.94.